The van der Waals surface area contributed by atoms with E-state index in [4.69, 9.17) is 4.74 Å². The second-order valence-electron chi connectivity index (χ2n) is 5.84. The third-order valence-corrected chi connectivity index (χ3v) is 3.66. The fourth-order valence-electron chi connectivity index (χ4n) is 2.54. The smallest absolute Gasteiger partial charge is 0.341 e. The lowest BCUT2D eigenvalue weighted by molar-refractivity contribution is 0.0690. The van der Waals surface area contributed by atoms with E-state index in [2.05, 4.69) is 18.8 Å². The van der Waals surface area contributed by atoms with Gasteiger partial charge in [-0.05, 0) is 56.1 Å². The molecule has 0 saturated carbocycles. The minimum Gasteiger partial charge on any atom is -0.477 e. The Morgan fingerprint density at radius 2 is 2.15 bits per heavy atom. The summed E-state index contributed by atoms with van der Waals surface area (Å²) >= 11 is 0. The summed E-state index contributed by atoms with van der Waals surface area (Å²) in [5.74, 6) is -0.0272. The number of hydrogen-bond donors (Lipinski definition) is 1. The van der Waals surface area contributed by atoms with Gasteiger partial charge >= 0.3 is 5.97 Å². The summed E-state index contributed by atoms with van der Waals surface area (Å²) in [5.41, 5.74) is 2.29. The zero-order valence-electron chi connectivity index (χ0n) is 12.3. The first-order valence-corrected chi connectivity index (χ1v) is 7.47. The molecule has 0 aliphatic heterocycles. The van der Waals surface area contributed by atoms with E-state index < -0.39 is 5.97 Å². The number of hydrogen-bond acceptors (Lipinski definition) is 3. The highest BCUT2D eigenvalue weighted by Gasteiger charge is 2.19. The number of fused-ring (bicyclic) bond motifs is 1. The normalized spacial score (nSPS) is 14.2. The van der Waals surface area contributed by atoms with Gasteiger partial charge in [0, 0.05) is 5.69 Å². The molecule has 1 aromatic rings. The Bertz CT molecular complexity index is 483. The highest BCUT2D eigenvalue weighted by molar-refractivity contribution is 5.90. The first-order valence-electron chi connectivity index (χ1n) is 7.47. The monoisotopic (exact) mass is 277 g/mol. The maximum absolute atomic E-state index is 11.3. The minimum atomic E-state index is -0.954. The van der Waals surface area contributed by atoms with Crippen molar-refractivity contribution in [2.45, 2.75) is 52.4 Å². The number of carbonyl (C=O) groups is 1. The Hall–Kier alpha value is -1.58. The van der Waals surface area contributed by atoms with E-state index >= 15 is 0 Å². The van der Waals surface area contributed by atoms with Gasteiger partial charge in [-0.15, -0.1) is 0 Å². The summed E-state index contributed by atoms with van der Waals surface area (Å²) in [6.45, 7) is 4.86. The first kappa shape index (κ1) is 14.8. The number of aryl methyl sites for hydroxylation is 2. The predicted octanol–water partition coefficient (Wildman–Crippen LogP) is 3.47. The second-order valence-corrected chi connectivity index (χ2v) is 5.84. The Morgan fingerprint density at radius 1 is 1.40 bits per heavy atom. The predicted molar refractivity (Wildman–Crippen MR) is 77.4 cm³/mol. The van der Waals surface area contributed by atoms with Gasteiger partial charge in [-0.2, -0.15) is 0 Å². The van der Waals surface area contributed by atoms with Gasteiger partial charge in [0.1, 0.15) is 5.56 Å². The molecule has 0 bridgehead atoms. The Labute approximate surface area is 120 Å². The van der Waals surface area contributed by atoms with Crippen LogP contribution < -0.4 is 4.74 Å². The van der Waals surface area contributed by atoms with Gasteiger partial charge in [0.05, 0.1) is 6.61 Å². The Kier molecular flexibility index (Phi) is 4.99. The average Bonchev–Trinajstić information content (AvgIpc) is 2.42. The molecule has 1 aromatic heterocycles. The van der Waals surface area contributed by atoms with Crippen LogP contribution in [0.25, 0.3) is 0 Å². The van der Waals surface area contributed by atoms with E-state index in [-0.39, 0.29) is 5.56 Å². The summed E-state index contributed by atoms with van der Waals surface area (Å²) in [7, 11) is 0. The number of aromatic carboxylic acids is 1. The van der Waals surface area contributed by atoms with Crippen LogP contribution in [-0.2, 0) is 12.8 Å². The van der Waals surface area contributed by atoms with Crippen LogP contribution in [0.4, 0.5) is 0 Å². The lowest BCUT2D eigenvalue weighted by Gasteiger charge is -2.17. The van der Waals surface area contributed by atoms with Crippen molar-refractivity contribution in [2.24, 2.45) is 5.92 Å². The van der Waals surface area contributed by atoms with E-state index in [1.807, 2.05) is 0 Å². The van der Waals surface area contributed by atoms with Crippen LogP contribution >= 0.6 is 0 Å². The molecular formula is C16H23NO3. The molecule has 0 spiro atoms. The number of rotatable bonds is 6. The van der Waals surface area contributed by atoms with Gasteiger partial charge in [-0.3, -0.25) is 0 Å². The molecule has 1 aliphatic rings. The summed E-state index contributed by atoms with van der Waals surface area (Å²) in [6.07, 6.45) is 6.10. The largest absolute Gasteiger partial charge is 0.477 e. The summed E-state index contributed by atoms with van der Waals surface area (Å²) in [6, 6.07) is 1.75. The SMILES string of the molecule is CC(C)CCCOc1nc2c(cc1C(=O)O)CCCC2. The van der Waals surface area contributed by atoms with Crippen molar-refractivity contribution >= 4 is 5.97 Å². The lowest BCUT2D eigenvalue weighted by Crippen LogP contribution is -2.13. The molecule has 4 nitrogen and oxygen atoms in total. The number of carboxylic acid groups (broad SMARTS) is 1. The van der Waals surface area contributed by atoms with Crippen LogP contribution in [0, 0.1) is 5.92 Å². The van der Waals surface area contributed by atoms with Gasteiger partial charge < -0.3 is 9.84 Å². The third-order valence-electron chi connectivity index (χ3n) is 3.66. The van der Waals surface area contributed by atoms with Crippen molar-refractivity contribution in [1.29, 1.82) is 0 Å². The molecule has 4 heteroatoms. The molecule has 1 heterocycles. The molecule has 0 unspecified atom stereocenters. The van der Waals surface area contributed by atoms with Crippen LogP contribution in [0.2, 0.25) is 0 Å². The number of nitrogens with zero attached hydrogens (tertiary/aromatic N) is 1. The van der Waals surface area contributed by atoms with Gasteiger partial charge in [-0.1, -0.05) is 13.8 Å². The van der Waals surface area contributed by atoms with Crippen molar-refractivity contribution in [3.8, 4) is 5.88 Å². The summed E-state index contributed by atoms with van der Waals surface area (Å²) in [5, 5.41) is 9.29. The zero-order chi connectivity index (χ0) is 14.5. The lowest BCUT2D eigenvalue weighted by atomic mass is 9.95. The quantitative estimate of drug-likeness (QED) is 0.809. The molecule has 1 aliphatic carbocycles. The second kappa shape index (κ2) is 6.73. The van der Waals surface area contributed by atoms with Crippen molar-refractivity contribution in [3.63, 3.8) is 0 Å². The fourth-order valence-corrected chi connectivity index (χ4v) is 2.54. The van der Waals surface area contributed by atoms with E-state index in [1.165, 1.54) is 0 Å². The van der Waals surface area contributed by atoms with Crippen molar-refractivity contribution in [1.82, 2.24) is 4.98 Å². The standard InChI is InChI=1S/C16H23NO3/c1-11(2)6-5-9-20-15-13(16(18)19)10-12-7-3-4-8-14(12)17-15/h10-11H,3-9H2,1-2H3,(H,18,19). The topological polar surface area (TPSA) is 59.4 Å². The maximum Gasteiger partial charge on any atom is 0.341 e. The van der Waals surface area contributed by atoms with E-state index in [9.17, 15) is 9.90 Å². The van der Waals surface area contributed by atoms with E-state index in [1.54, 1.807) is 6.07 Å². The van der Waals surface area contributed by atoms with E-state index in [0.29, 0.717) is 18.4 Å². The fraction of sp³-hybridized carbons (Fsp3) is 0.625. The molecule has 0 aromatic carbocycles. The number of ether oxygens (including phenoxy) is 1. The Balaban J connectivity index is 2.11. The number of pyridine rings is 1. The van der Waals surface area contributed by atoms with Crippen molar-refractivity contribution in [2.75, 3.05) is 6.61 Å². The van der Waals surface area contributed by atoms with Crippen molar-refractivity contribution < 1.29 is 14.6 Å². The minimum absolute atomic E-state index is 0.204. The number of aromatic nitrogens is 1. The van der Waals surface area contributed by atoms with Crippen molar-refractivity contribution in [3.05, 3.63) is 22.9 Å². The molecule has 0 amide bonds. The van der Waals surface area contributed by atoms with Crippen LogP contribution in [0.5, 0.6) is 5.88 Å². The molecule has 20 heavy (non-hydrogen) atoms. The molecule has 0 atom stereocenters. The molecule has 110 valence electrons. The van der Waals surface area contributed by atoms with Crippen LogP contribution in [0.1, 0.15) is 61.1 Å². The van der Waals surface area contributed by atoms with Crippen LogP contribution in [0.3, 0.4) is 0 Å². The third kappa shape index (κ3) is 3.71. The molecule has 1 N–H and O–H groups in total. The summed E-state index contributed by atoms with van der Waals surface area (Å²) in [4.78, 5) is 15.8. The Morgan fingerprint density at radius 3 is 2.85 bits per heavy atom. The molecule has 0 radical (unpaired) electrons. The molecule has 0 fully saturated rings. The summed E-state index contributed by atoms with van der Waals surface area (Å²) < 4.78 is 5.62. The highest BCUT2D eigenvalue weighted by Crippen LogP contribution is 2.26. The molecule has 2 rings (SSSR count). The molecule has 0 saturated heterocycles. The first-order chi connectivity index (χ1) is 9.58. The highest BCUT2D eigenvalue weighted by atomic mass is 16.5. The van der Waals surface area contributed by atoms with Gasteiger partial charge in [-0.25, -0.2) is 9.78 Å². The van der Waals surface area contributed by atoms with Gasteiger partial charge in [0.25, 0.3) is 0 Å². The van der Waals surface area contributed by atoms with Crippen LogP contribution in [0.15, 0.2) is 6.07 Å². The van der Waals surface area contributed by atoms with Crippen LogP contribution in [-0.4, -0.2) is 22.7 Å². The number of carboxylic acids is 1. The van der Waals surface area contributed by atoms with Gasteiger partial charge in [0.2, 0.25) is 5.88 Å². The van der Waals surface area contributed by atoms with E-state index in [0.717, 1.165) is 49.8 Å². The average molecular weight is 277 g/mol. The maximum atomic E-state index is 11.3. The molecular weight excluding hydrogens is 254 g/mol. The van der Waals surface area contributed by atoms with Gasteiger partial charge in [0.15, 0.2) is 0 Å². The zero-order valence-corrected chi connectivity index (χ0v) is 12.3.